The molecule has 7 nitrogen and oxygen atoms in total. The average molecular weight is 460 g/mol. The Labute approximate surface area is 195 Å². The number of aliphatic hydroxyl groups excluding tert-OH is 3. The molecule has 0 spiro atoms. The summed E-state index contributed by atoms with van der Waals surface area (Å²) >= 11 is 0. The predicted octanol–water partition coefficient (Wildman–Crippen LogP) is 4.01. The highest BCUT2D eigenvalue weighted by molar-refractivity contribution is 5.77. The number of esters is 1. The van der Waals surface area contributed by atoms with Crippen molar-refractivity contribution in [3.8, 4) is 0 Å². The highest BCUT2D eigenvalue weighted by Gasteiger charge is 2.26. The second-order valence-corrected chi connectivity index (χ2v) is 8.75. The highest BCUT2D eigenvalue weighted by Crippen LogP contribution is 2.14. The van der Waals surface area contributed by atoms with Crippen LogP contribution in [-0.4, -0.2) is 58.7 Å². The molecule has 0 bridgehead atoms. The number of amides is 1. The summed E-state index contributed by atoms with van der Waals surface area (Å²) in [6, 6.07) is -0.919. The quantitative estimate of drug-likeness (QED) is 0.144. The molecule has 0 rings (SSSR count). The van der Waals surface area contributed by atoms with Crippen molar-refractivity contribution in [3.05, 3.63) is 0 Å². The molecule has 190 valence electrons. The van der Waals surface area contributed by atoms with E-state index in [0.717, 1.165) is 19.3 Å². The molecule has 32 heavy (non-hydrogen) atoms. The zero-order valence-corrected chi connectivity index (χ0v) is 20.5. The fraction of sp³-hybridized carbons (Fsp3) is 0.920. The Morgan fingerprint density at radius 3 is 1.81 bits per heavy atom. The first kappa shape index (κ1) is 30.8. The molecule has 0 fully saturated rings. The molecular formula is C25H49NO6. The number of hydrogen-bond acceptors (Lipinski definition) is 6. The summed E-state index contributed by atoms with van der Waals surface area (Å²) in [5.74, 6) is -0.721. The van der Waals surface area contributed by atoms with Crippen molar-refractivity contribution in [2.75, 3.05) is 13.2 Å². The molecule has 7 heteroatoms. The highest BCUT2D eigenvalue weighted by atomic mass is 16.5. The van der Waals surface area contributed by atoms with Crippen LogP contribution in [0.3, 0.4) is 0 Å². The van der Waals surface area contributed by atoms with E-state index in [1.165, 1.54) is 57.8 Å². The number of rotatable bonds is 22. The van der Waals surface area contributed by atoms with E-state index in [-0.39, 0.29) is 24.7 Å². The normalized spacial score (nSPS) is 14.0. The molecule has 4 N–H and O–H groups in total. The Hall–Kier alpha value is -1.18. The van der Waals surface area contributed by atoms with Gasteiger partial charge in [-0.05, 0) is 19.8 Å². The van der Waals surface area contributed by atoms with Gasteiger partial charge in [0.15, 0.2) is 0 Å². The lowest BCUT2D eigenvalue weighted by Gasteiger charge is -2.26. The molecule has 0 aliphatic heterocycles. The first-order valence-electron chi connectivity index (χ1n) is 12.9. The maximum atomic E-state index is 12.0. The van der Waals surface area contributed by atoms with Gasteiger partial charge < -0.3 is 25.4 Å². The van der Waals surface area contributed by atoms with E-state index in [4.69, 9.17) is 4.74 Å². The molecular weight excluding hydrogens is 410 g/mol. The van der Waals surface area contributed by atoms with Crippen molar-refractivity contribution in [3.63, 3.8) is 0 Å². The predicted molar refractivity (Wildman–Crippen MR) is 127 cm³/mol. The van der Waals surface area contributed by atoms with Gasteiger partial charge in [-0.1, -0.05) is 84.0 Å². The summed E-state index contributed by atoms with van der Waals surface area (Å²) in [5.41, 5.74) is 0. The van der Waals surface area contributed by atoms with Gasteiger partial charge in [0.25, 0.3) is 0 Å². The largest absolute Gasteiger partial charge is 0.466 e. The number of carbonyl (C=O) groups is 2. The van der Waals surface area contributed by atoms with Gasteiger partial charge in [-0.2, -0.15) is 0 Å². The van der Waals surface area contributed by atoms with Crippen LogP contribution in [0.2, 0.25) is 0 Å². The lowest BCUT2D eigenvalue weighted by Crippen LogP contribution is -2.50. The van der Waals surface area contributed by atoms with E-state index in [9.17, 15) is 24.9 Å². The molecule has 0 aliphatic carbocycles. The second-order valence-electron chi connectivity index (χ2n) is 8.75. The smallest absolute Gasteiger partial charge is 0.305 e. The van der Waals surface area contributed by atoms with Gasteiger partial charge in [-0.25, -0.2) is 0 Å². The fourth-order valence-corrected chi connectivity index (χ4v) is 3.78. The van der Waals surface area contributed by atoms with E-state index in [1.807, 2.05) is 0 Å². The van der Waals surface area contributed by atoms with Crippen molar-refractivity contribution in [1.29, 1.82) is 0 Å². The molecule has 0 aromatic carbocycles. The van der Waals surface area contributed by atoms with Crippen LogP contribution in [0.15, 0.2) is 0 Å². The van der Waals surface area contributed by atoms with E-state index >= 15 is 0 Å². The van der Waals surface area contributed by atoms with Crippen LogP contribution in [0, 0.1) is 0 Å². The lowest BCUT2D eigenvalue weighted by atomic mass is 9.99. The van der Waals surface area contributed by atoms with Gasteiger partial charge in [-0.15, -0.1) is 0 Å². The zero-order valence-electron chi connectivity index (χ0n) is 20.5. The first-order valence-corrected chi connectivity index (χ1v) is 12.9. The van der Waals surface area contributed by atoms with E-state index in [2.05, 4.69) is 12.2 Å². The molecule has 0 radical (unpaired) electrons. The van der Waals surface area contributed by atoms with Crippen molar-refractivity contribution in [1.82, 2.24) is 5.32 Å². The van der Waals surface area contributed by atoms with Crippen molar-refractivity contribution in [2.24, 2.45) is 0 Å². The number of ether oxygens (including phenoxy) is 1. The third kappa shape index (κ3) is 17.4. The first-order chi connectivity index (χ1) is 15.5. The van der Waals surface area contributed by atoms with Gasteiger partial charge in [0, 0.05) is 12.8 Å². The van der Waals surface area contributed by atoms with Crippen molar-refractivity contribution in [2.45, 2.75) is 135 Å². The monoisotopic (exact) mass is 459 g/mol. The molecule has 1 amide bonds. The Kier molecular flexibility index (Phi) is 20.9. The maximum Gasteiger partial charge on any atom is 0.305 e. The molecule has 0 aliphatic rings. The Morgan fingerprint density at radius 1 is 0.781 bits per heavy atom. The molecule has 0 heterocycles. The number of unbranched alkanes of at least 4 members (excludes halogenated alkanes) is 11. The summed E-state index contributed by atoms with van der Waals surface area (Å²) in [7, 11) is 0. The topological polar surface area (TPSA) is 116 Å². The minimum absolute atomic E-state index is 0.0941. The minimum Gasteiger partial charge on any atom is -0.466 e. The third-order valence-corrected chi connectivity index (χ3v) is 5.79. The second kappa shape index (κ2) is 21.7. The lowest BCUT2D eigenvalue weighted by molar-refractivity contribution is -0.143. The molecule has 0 aromatic rings. The van der Waals surface area contributed by atoms with Crippen molar-refractivity contribution >= 4 is 11.9 Å². The molecule has 0 saturated heterocycles. The van der Waals surface area contributed by atoms with Crippen LogP contribution >= 0.6 is 0 Å². The van der Waals surface area contributed by atoms with Crippen LogP contribution < -0.4 is 5.32 Å². The van der Waals surface area contributed by atoms with Crippen LogP contribution in [0.4, 0.5) is 0 Å². The standard InChI is InChI=1S/C25H49NO6/c1-3-5-6-7-8-9-10-11-12-13-14-15-17-22(28)25(31)21(20-27)26-23(29)18-16-19-24(30)32-4-2/h21-22,25,27-28,31H,3-20H2,1-2H3,(H,26,29)/t21-,22+,25-/m0/s1. The molecule has 0 unspecified atom stereocenters. The summed E-state index contributed by atoms with van der Waals surface area (Å²) < 4.78 is 4.81. The molecule has 0 aromatic heterocycles. The van der Waals surface area contributed by atoms with Gasteiger partial charge in [-0.3, -0.25) is 9.59 Å². The SMILES string of the molecule is CCCCCCCCCCCCCC[C@@H](O)[C@@H](O)[C@H](CO)NC(=O)CCCC(=O)OCC. The van der Waals surface area contributed by atoms with Crippen LogP contribution in [0.25, 0.3) is 0 Å². The molecule has 3 atom stereocenters. The Bertz CT molecular complexity index is 460. The van der Waals surface area contributed by atoms with Gasteiger partial charge in [0.2, 0.25) is 5.91 Å². The summed E-state index contributed by atoms with van der Waals surface area (Å²) in [4.78, 5) is 23.3. The number of nitrogens with one attached hydrogen (secondary N) is 1. The number of carbonyl (C=O) groups excluding carboxylic acids is 2. The minimum atomic E-state index is -1.22. The van der Waals surface area contributed by atoms with E-state index in [0.29, 0.717) is 19.4 Å². The van der Waals surface area contributed by atoms with Crippen LogP contribution in [0.5, 0.6) is 0 Å². The molecule has 0 saturated carbocycles. The fourth-order valence-electron chi connectivity index (χ4n) is 3.78. The summed E-state index contributed by atoms with van der Waals surface area (Å²) in [5, 5.41) is 32.6. The van der Waals surface area contributed by atoms with Crippen LogP contribution in [-0.2, 0) is 14.3 Å². The maximum absolute atomic E-state index is 12.0. The Balaban J connectivity index is 3.84. The third-order valence-electron chi connectivity index (χ3n) is 5.79. The van der Waals surface area contributed by atoms with E-state index in [1.54, 1.807) is 6.92 Å². The van der Waals surface area contributed by atoms with Gasteiger partial charge in [0.1, 0.15) is 6.10 Å². The van der Waals surface area contributed by atoms with Gasteiger partial charge >= 0.3 is 5.97 Å². The summed E-state index contributed by atoms with van der Waals surface area (Å²) in [6.45, 7) is 3.81. The Morgan fingerprint density at radius 2 is 1.31 bits per heavy atom. The zero-order chi connectivity index (χ0) is 24.0. The van der Waals surface area contributed by atoms with Gasteiger partial charge in [0.05, 0.1) is 25.4 Å². The number of hydrogen-bond donors (Lipinski definition) is 4. The van der Waals surface area contributed by atoms with Crippen molar-refractivity contribution < 1.29 is 29.6 Å². The van der Waals surface area contributed by atoms with E-state index < -0.39 is 24.9 Å². The average Bonchev–Trinajstić information content (AvgIpc) is 2.77. The summed E-state index contributed by atoms with van der Waals surface area (Å²) in [6.07, 6.45) is 13.5. The number of aliphatic hydroxyl groups is 3. The van der Waals surface area contributed by atoms with Crippen LogP contribution in [0.1, 0.15) is 117 Å².